The van der Waals surface area contributed by atoms with E-state index in [0.29, 0.717) is 0 Å². The maximum Gasteiger partial charge on any atom is 0.357 e. The van der Waals surface area contributed by atoms with E-state index in [-0.39, 0.29) is 15.0 Å². The van der Waals surface area contributed by atoms with Gasteiger partial charge in [0.2, 0.25) is 0 Å². The molecule has 0 amide bonds. The Balaban J connectivity index is 3.13. The molecular weight excluding hydrogens is 291 g/mol. The number of carboxylic acids is 1. The Morgan fingerprint density at radius 3 is 2.62 bits per heavy atom. The van der Waals surface area contributed by atoms with Crippen LogP contribution in [0.5, 0.6) is 0 Å². The van der Waals surface area contributed by atoms with Crippen LogP contribution in [0.25, 0.3) is 0 Å². The summed E-state index contributed by atoms with van der Waals surface area (Å²) in [6.45, 7) is 0. The molecule has 0 aliphatic heterocycles. The van der Waals surface area contributed by atoms with Gasteiger partial charge in [-0.05, 0) is 22.6 Å². The number of carboxylic acid groups (broad SMARTS) is 1. The zero-order chi connectivity index (χ0) is 10.0. The summed E-state index contributed by atoms with van der Waals surface area (Å²) in [4.78, 5) is 21.5. The lowest BCUT2D eigenvalue weighted by Gasteiger charge is -1.94. The number of halogens is 1. The molecule has 7 heteroatoms. The smallest absolute Gasteiger partial charge is 0.357 e. The molecular formula is C6H5IN2O4. The molecule has 1 aromatic heterocycles. The zero-order valence-corrected chi connectivity index (χ0v) is 8.65. The van der Waals surface area contributed by atoms with Crippen LogP contribution in [0, 0.1) is 3.57 Å². The van der Waals surface area contributed by atoms with Gasteiger partial charge in [0.1, 0.15) is 0 Å². The minimum atomic E-state index is -1.18. The summed E-state index contributed by atoms with van der Waals surface area (Å²) < 4.78 is 4.65. The molecule has 0 aliphatic rings. The summed E-state index contributed by atoms with van der Waals surface area (Å²) in [6.07, 6.45) is 0. The molecule has 0 radical (unpaired) electrons. The van der Waals surface area contributed by atoms with Gasteiger partial charge in [0.15, 0.2) is 11.4 Å². The van der Waals surface area contributed by atoms with Gasteiger partial charge in [0.05, 0.1) is 10.7 Å². The Kier molecular flexibility index (Phi) is 2.86. The van der Waals surface area contributed by atoms with Gasteiger partial charge in [-0.15, -0.1) is 0 Å². The van der Waals surface area contributed by atoms with Crippen molar-refractivity contribution >= 4 is 34.5 Å². The largest absolute Gasteiger partial charge is 0.476 e. The van der Waals surface area contributed by atoms with Crippen LogP contribution < -0.4 is 0 Å². The summed E-state index contributed by atoms with van der Waals surface area (Å²) in [7, 11) is 1.21. The molecule has 1 aromatic rings. The molecule has 6 nitrogen and oxygen atoms in total. The number of methoxy groups -OCH3 is 1. The molecule has 0 fully saturated rings. The highest BCUT2D eigenvalue weighted by atomic mass is 127. The van der Waals surface area contributed by atoms with E-state index < -0.39 is 11.9 Å². The standard InChI is InChI=1S/C6H5IN2O4/c1-13-6(12)4-2(7)3(5(10)11)8-9-4/h1H3,(H,8,9)(H,10,11). The number of aromatic nitrogens is 2. The van der Waals surface area contributed by atoms with E-state index in [4.69, 9.17) is 5.11 Å². The van der Waals surface area contributed by atoms with Crippen molar-refractivity contribution in [3.8, 4) is 0 Å². The van der Waals surface area contributed by atoms with Crippen LogP contribution in [0.2, 0.25) is 0 Å². The van der Waals surface area contributed by atoms with Crippen molar-refractivity contribution in [1.29, 1.82) is 0 Å². The number of aromatic amines is 1. The Labute approximate surface area is 86.4 Å². The topological polar surface area (TPSA) is 92.3 Å². The van der Waals surface area contributed by atoms with Crippen molar-refractivity contribution in [3.05, 3.63) is 15.0 Å². The molecule has 0 aromatic carbocycles. The van der Waals surface area contributed by atoms with Gasteiger partial charge < -0.3 is 9.84 Å². The molecule has 1 rings (SSSR count). The lowest BCUT2D eigenvalue weighted by Crippen LogP contribution is -2.04. The summed E-state index contributed by atoms with van der Waals surface area (Å²) in [5, 5.41) is 14.3. The maximum atomic E-state index is 11.0. The molecule has 0 aliphatic carbocycles. The molecule has 1 heterocycles. The number of hydrogen-bond acceptors (Lipinski definition) is 4. The highest BCUT2D eigenvalue weighted by molar-refractivity contribution is 14.1. The van der Waals surface area contributed by atoms with Gasteiger partial charge in [-0.3, -0.25) is 5.10 Å². The summed E-state index contributed by atoms with van der Waals surface area (Å²) >= 11 is 1.71. The van der Waals surface area contributed by atoms with E-state index >= 15 is 0 Å². The molecule has 13 heavy (non-hydrogen) atoms. The Bertz CT molecular complexity index is 360. The van der Waals surface area contributed by atoms with Gasteiger partial charge >= 0.3 is 11.9 Å². The van der Waals surface area contributed by atoms with Crippen molar-refractivity contribution in [1.82, 2.24) is 10.2 Å². The van der Waals surface area contributed by atoms with Crippen molar-refractivity contribution in [2.24, 2.45) is 0 Å². The predicted octanol–water partition coefficient (Wildman–Crippen LogP) is 0.499. The second kappa shape index (κ2) is 3.73. The fourth-order valence-corrected chi connectivity index (χ4v) is 1.40. The predicted molar refractivity (Wildman–Crippen MR) is 49.6 cm³/mol. The van der Waals surface area contributed by atoms with E-state index in [1.165, 1.54) is 7.11 Å². The molecule has 70 valence electrons. The first-order valence-electron chi connectivity index (χ1n) is 3.13. The second-order valence-corrected chi connectivity index (χ2v) is 3.14. The highest BCUT2D eigenvalue weighted by Crippen LogP contribution is 2.14. The zero-order valence-electron chi connectivity index (χ0n) is 6.50. The summed E-state index contributed by atoms with van der Waals surface area (Å²) in [5.41, 5.74) is -0.124. The molecule has 0 bridgehead atoms. The Morgan fingerprint density at radius 2 is 2.23 bits per heavy atom. The van der Waals surface area contributed by atoms with Crippen LogP contribution >= 0.6 is 22.6 Å². The average Bonchev–Trinajstić information content (AvgIpc) is 2.46. The van der Waals surface area contributed by atoms with Crippen LogP contribution in [-0.4, -0.2) is 34.4 Å². The van der Waals surface area contributed by atoms with Gasteiger partial charge in [-0.2, -0.15) is 5.10 Å². The number of esters is 1. The van der Waals surface area contributed by atoms with E-state index in [0.717, 1.165) is 0 Å². The van der Waals surface area contributed by atoms with E-state index in [1.807, 2.05) is 0 Å². The molecule has 0 unspecified atom stereocenters. The van der Waals surface area contributed by atoms with Crippen LogP contribution in [0.1, 0.15) is 21.0 Å². The van der Waals surface area contributed by atoms with Gasteiger partial charge in [0, 0.05) is 0 Å². The number of ether oxygens (including phenoxy) is 1. The van der Waals surface area contributed by atoms with Crippen molar-refractivity contribution < 1.29 is 19.4 Å². The number of H-pyrrole nitrogens is 1. The lowest BCUT2D eigenvalue weighted by atomic mass is 10.3. The third kappa shape index (κ3) is 1.79. The number of rotatable bonds is 2. The van der Waals surface area contributed by atoms with Gasteiger partial charge in [-0.25, -0.2) is 9.59 Å². The number of aromatic carboxylic acids is 1. The van der Waals surface area contributed by atoms with Crippen LogP contribution in [0.15, 0.2) is 0 Å². The molecule has 2 N–H and O–H groups in total. The molecule has 0 saturated carbocycles. The highest BCUT2D eigenvalue weighted by Gasteiger charge is 2.21. The molecule has 0 saturated heterocycles. The SMILES string of the molecule is COC(=O)c1[nH]nc(C(=O)O)c1I. The normalized spacial score (nSPS) is 9.69. The number of nitrogens with one attached hydrogen (secondary N) is 1. The summed E-state index contributed by atoms with van der Waals surface area (Å²) in [5.74, 6) is -1.82. The quantitative estimate of drug-likeness (QED) is 0.612. The van der Waals surface area contributed by atoms with Crippen LogP contribution in [0.4, 0.5) is 0 Å². The monoisotopic (exact) mass is 296 g/mol. The third-order valence-corrected chi connectivity index (χ3v) is 2.35. The van der Waals surface area contributed by atoms with E-state index in [9.17, 15) is 9.59 Å². The van der Waals surface area contributed by atoms with Crippen LogP contribution in [0.3, 0.4) is 0 Å². The minimum absolute atomic E-state index is 0.0560. The van der Waals surface area contributed by atoms with Gasteiger partial charge in [0.25, 0.3) is 0 Å². The minimum Gasteiger partial charge on any atom is -0.476 e. The lowest BCUT2D eigenvalue weighted by molar-refractivity contribution is 0.0592. The second-order valence-electron chi connectivity index (χ2n) is 2.06. The number of carbonyl (C=O) groups is 2. The number of hydrogen-bond donors (Lipinski definition) is 2. The average molecular weight is 296 g/mol. The van der Waals surface area contributed by atoms with E-state index in [1.54, 1.807) is 22.6 Å². The van der Waals surface area contributed by atoms with Crippen LogP contribution in [-0.2, 0) is 4.74 Å². The fraction of sp³-hybridized carbons (Fsp3) is 0.167. The fourth-order valence-electron chi connectivity index (χ4n) is 0.707. The van der Waals surface area contributed by atoms with Gasteiger partial charge in [-0.1, -0.05) is 0 Å². The van der Waals surface area contributed by atoms with E-state index in [2.05, 4.69) is 14.9 Å². The first-order valence-corrected chi connectivity index (χ1v) is 4.21. The third-order valence-electron chi connectivity index (χ3n) is 1.30. The first kappa shape index (κ1) is 9.96. The Morgan fingerprint density at radius 1 is 1.62 bits per heavy atom. The maximum absolute atomic E-state index is 11.0. The van der Waals surface area contributed by atoms with Crippen molar-refractivity contribution in [3.63, 3.8) is 0 Å². The summed E-state index contributed by atoms with van der Waals surface area (Å²) in [6, 6.07) is 0. The van der Waals surface area contributed by atoms with Crippen molar-refractivity contribution in [2.75, 3.05) is 7.11 Å². The first-order chi connectivity index (χ1) is 6.07. The number of nitrogens with zero attached hydrogens (tertiary/aromatic N) is 1. The van der Waals surface area contributed by atoms with Crippen molar-refractivity contribution in [2.45, 2.75) is 0 Å². The Hall–Kier alpha value is -1.12. The molecule has 0 atom stereocenters. The number of carbonyl (C=O) groups excluding carboxylic acids is 1. The molecule has 0 spiro atoms.